The molecule has 2 unspecified atom stereocenters. The zero-order valence-electron chi connectivity index (χ0n) is 25.7. The lowest BCUT2D eigenvalue weighted by molar-refractivity contribution is -0.196. The van der Waals surface area contributed by atoms with E-state index in [2.05, 4.69) is 0 Å². The number of rotatable bonds is 13. The highest BCUT2D eigenvalue weighted by Crippen LogP contribution is 2.45. The minimum absolute atomic E-state index is 0.0379. The molecule has 2 atom stereocenters. The van der Waals surface area contributed by atoms with Crippen LogP contribution in [0, 0.1) is 11.3 Å². The van der Waals surface area contributed by atoms with Crippen LogP contribution in [-0.2, 0) is 28.5 Å². The van der Waals surface area contributed by atoms with Crippen molar-refractivity contribution in [3.8, 4) is 0 Å². The molecule has 0 N–H and O–H groups in total. The number of Topliss-reactive ketones (excluding diaryl/α,β-unsaturated/α-hetero) is 1. The molecule has 3 rings (SSSR count). The lowest BCUT2D eigenvalue weighted by Crippen LogP contribution is -2.50. The Morgan fingerprint density at radius 3 is 2.02 bits per heavy atom. The smallest absolute Gasteiger partial charge is 0.338 e. The van der Waals surface area contributed by atoms with Gasteiger partial charge in [-0.05, 0) is 79.4 Å². The van der Waals surface area contributed by atoms with Gasteiger partial charge < -0.3 is 23.7 Å². The number of hydrogen-bond donors (Lipinski definition) is 0. The molecular formula is C33H48O8. The molecule has 2 saturated carbocycles. The van der Waals surface area contributed by atoms with Crippen LogP contribution >= 0.6 is 0 Å². The van der Waals surface area contributed by atoms with Gasteiger partial charge in [0.05, 0.1) is 28.6 Å². The highest BCUT2D eigenvalue weighted by molar-refractivity contribution is 6.02. The average Bonchev–Trinajstić information content (AvgIpc) is 2.95. The molecule has 2 aliphatic carbocycles. The first-order valence-corrected chi connectivity index (χ1v) is 15.1. The van der Waals surface area contributed by atoms with Crippen LogP contribution in [0.2, 0.25) is 0 Å². The summed E-state index contributed by atoms with van der Waals surface area (Å²) in [5, 5.41) is 0. The van der Waals surface area contributed by atoms with Gasteiger partial charge in [-0.3, -0.25) is 9.59 Å². The molecule has 0 heterocycles. The normalized spacial score (nSPS) is 19.6. The Morgan fingerprint density at radius 2 is 1.44 bits per heavy atom. The average molecular weight is 573 g/mol. The fraction of sp³-hybridized carbons (Fsp3) is 0.697. The second-order valence-electron chi connectivity index (χ2n) is 12.7. The van der Waals surface area contributed by atoms with E-state index < -0.39 is 35.0 Å². The van der Waals surface area contributed by atoms with E-state index in [0.29, 0.717) is 11.1 Å². The van der Waals surface area contributed by atoms with E-state index in [4.69, 9.17) is 18.9 Å². The molecule has 8 nitrogen and oxygen atoms in total. The monoisotopic (exact) mass is 572 g/mol. The minimum atomic E-state index is -1.24. The van der Waals surface area contributed by atoms with E-state index in [1.807, 2.05) is 20.8 Å². The van der Waals surface area contributed by atoms with Gasteiger partial charge in [0.15, 0.2) is 5.78 Å². The van der Waals surface area contributed by atoms with Crippen molar-refractivity contribution >= 4 is 24.0 Å². The Balaban J connectivity index is 1.51. The highest BCUT2D eigenvalue weighted by Gasteiger charge is 2.47. The summed E-state index contributed by atoms with van der Waals surface area (Å²) in [4.78, 5) is 50.4. The van der Waals surface area contributed by atoms with Gasteiger partial charge in [0.1, 0.15) is 18.5 Å². The summed E-state index contributed by atoms with van der Waals surface area (Å²) >= 11 is 0. The van der Waals surface area contributed by atoms with Crippen molar-refractivity contribution in [1.29, 1.82) is 0 Å². The third kappa shape index (κ3) is 8.48. The van der Waals surface area contributed by atoms with E-state index in [1.54, 1.807) is 32.9 Å². The zero-order chi connectivity index (χ0) is 30.3. The highest BCUT2D eigenvalue weighted by atomic mass is 16.7. The Labute approximate surface area is 244 Å². The van der Waals surface area contributed by atoms with Crippen LogP contribution in [-0.4, -0.2) is 54.2 Å². The standard InChI is InChI=1S/C33H48O8/c1-23(40-32(5,6)33(22-34)19-11-8-12-20-33)21-38-29(36)27-17-15-25(16-18-27)28(35)31(3,4)41-24(2)39-30(37)26-13-9-7-10-14-26/h15-18,22-24,26H,7-14,19-21H2,1-6H3. The molecule has 0 aliphatic heterocycles. The van der Waals surface area contributed by atoms with Crippen LogP contribution in [0.3, 0.4) is 0 Å². The van der Waals surface area contributed by atoms with Gasteiger partial charge in [-0.15, -0.1) is 0 Å². The number of benzene rings is 1. The maximum Gasteiger partial charge on any atom is 0.338 e. The molecule has 1 aromatic carbocycles. The summed E-state index contributed by atoms with van der Waals surface area (Å²) < 4.78 is 23.0. The quantitative estimate of drug-likeness (QED) is 0.112. The first-order valence-electron chi connectivity index (χ1n) is 15.1. The van der Waals surface area contributed by atoms with Crippen LogP contribution < -0.4 is 0 Å². The van der Waals surface area contributed by atoms with Gasteiger partial charge in [-0.25, -0.2) is 4.79 Å². The molecule has 0 saturated heterocycles. The fourth-order valence-electron chi connectivity index (χ4n) is 6.17. The molecule has 41 heavy (non-hydrogen) atoms. The summed E-state index contributed by atoms with van der Waals surface area (Å²) in [6.45, 7) is 10.6. The van der Waals surface area contributed by atoms with Crippen molar-refractivity contribution in [1.82, 2.24) is 0 Å². The summed E-state index contributed by atoms with van der Waals surface area (Å²) in [5.74, 6) is -1.21. The lowest BCUT2D eigenvalue weighted by Gasteiger charge is -2.46. The van der Waals surface area contributed by atoms with Crippen LogP contribution in [0.5, 0.6) is 0 Å². The maximum atomic E-state index is 13.2. The Morgan fingerprint density at radius 1 is 0.878 bits per heavy atom. The Hall–Kier alpha value is -2.58. The first kappa shape index (κ1) is 32.9. The number of carbonyl (C=O) groups is 4. The minimum Gasteiger partial charge on any atom is -0.459 e. The summed E-state index contributed by atoms with van der Waals surface area (Å²) in [6, 6.07) is 6.19. The number of hydrogen-bond acceptors (Lipinski definition) is 8. The van der Waals surface area contributed by atoms with Gasteiger partial charge in [0, 0.05) is 5.56 Å². The van der Waals surface area contributed by atoms with E-state index in [9.17, 15) is 19.2 Å². The third-order valence-electron chi connectivity index (χ3n) is 8.73. The van der Waals surface area contributed by atoms with Crippen molar-refractivity contribution in [3.63, 3.8) is 0 Å². The van der Waals surface area contributed by atoms with Crippen molar-refractivity contribution in [3.05, 3.63) is 35.4 Å². The maximum absolute atomic E-state index is 13.2. The molecule has 0 amide bonds. The van der Waals surface area contributed by atoms with Crippen molar-refractivity contribution in [2.45, 2.75) is 129 Å². The number of esters is 2. The van der Waals surface area contributed by atoms with Crippen molar-refractivity contribution in [2.75, 3.05) is 6.61 Å². The summed E-state index contributed by atoms with van der Waals surface area (Å²) in [5.41, 5.74) is -1.78. The summed E-state index contributed by atoms with van der Waals surface area (Å²) in [6.07, 6.45) is 9.35. The molecule has 0 radical (unpaired) electrons. The molecule has 0 spiro atoms. The van der Waals surface area contributed by atoms with E-state index in [1.165, 1.54) is 12.1 Å². The molecule has 0 bridgehead atoms. The second kappa shape index (κ2) is 14.1. The number of aldehydes is 1. The molecule has 228 valence electrons. The van der Waals surface area contributed by atoms with E-state index >= 15 is 0 Å². The topological polar surface area (TPSA) is 105 Å². The van der Waals surface area contributed by atoms with Crippen LogP contribution in [0.15, 0.2) is 24.3 Å². The number of ketones is 1. The SMILES string of the molecule is CC(COC(=O)c1ccc(C(=O)C(C)(C)OC(C)OC(=O)C2CCCCC2)cc1)OC(C)(C)C1(C=O)CCCCC1. The number of ether oxygens (including phenoxy) is 4. The predicted octanol–water partition coefficient (Wildman–Crippen LogP) is 6.62. The second-order valence-corrected chi connectivity index (χ2v) is 12.7. The van der Waals surface area contributed by atoms with Gasteiger partial charge in [0.2, 0.25) is 6.29 Å². The van der Waals surface area contributed by atoms with Crippen LogP contribution in [0.4, 0.5) is 0 Å². The Kier molecular flexibility index (Phi) is 11.3. The van der Waals surface area contributed by atoms with Gasteiger partial charge in [-0.1, -0.05) is 50.7 Å². The van der Waals surface area contributed by atoms with E-state index in [0.717, 1.165) is 70.5 Å². The lowest BCUT2D eigenvalue weighted by atomic mass is 9.65. The van der Waals surface area contributed by atoms with Crippen molar-refractivity contribution in [2.24, 2.45) is 11.3 Å². The molecule has 2 aliphatic rings. The van der Waals surface area contributed by atoms with Crippen molar-refractivity contribution < 1.29 is 38.1 Å². The van der Waals surface area contributed by atoms with Gasteiger partial charge in [0.25, 0.3) is 0 Å². The molecule has 2 fully saturated rings. The van der Waals surface area contributed by atoms with Gasteiger partial charge in [-0.2, -0.15) is 0 Å². The first-order chi connectivity index (χ1) is 19.3. The largest absolute Gasteiger partial charge is 0.459 e. The predicted molar refractivity (Wildman–Crippen MR) is 155 cm³/mol. The molecule has 1 aromatic rings. The Bertz CT molecular complexity index is 1050. The van der Waals surface area contributed by atoms with Gasteiger partial charge >= 0.3 is 11.9 Å². The van der Waals surface area contributed by atoms with Crippen LogP contribution in [0.25, 0.3) is 0 Å². The molecular weight excluding hydrogens is 524 g/mol. The zero-order valence-corrected chi connectivity index (χ0v) is 25.7. The third-order valence-corrected chi connectivity index (χ3v) is 8.73. The number of carbonyl (C=O) groups excluding carboxylic acids is 4. The summed E-state index contributed by atoms with van der Waals surface area (Å²) in [7, 11) is 0. The molecule has 8 heteroatoms. The van der Waals surface area contributed by atoms with Crippen LogP contribution in [0.1, 0.15) is 126 Å². The molecule has 0 aromatic heterocycles. The van der Waals surface area contributed by atoms with E-state index in [-0.39, 0.29) is 24.3 Å². The fourth-order valence-corrected chi connectivity index (χ4v) is 6.17.